The van der Waals surface area contributed by atoms with Gasteiger partial charge in [0, 0.05) is 58.9 Å². The van der Waals surface area contributed by atoms with E-state index in [4.69, 9.17) is 37.6 Å². The van der Waals surface area contributed by atoms with Gasteiger partial charge in [-0.05, 0) is 42.3 Å². The van der Waals surface area contributed by atoms with Crippen LogP contribution >= 0.6 is 0 Å². The Balaban J connectivity index is 1.65. The molecule has 0 radical (unpaired) electrons. The SMILES string of the molecule is CCCOCCOCCOc1cc(OCCOCCOCCOC)c(N=[N+]=[N-])cc1-c1c2ccc(=O)cc-2oc2cc(O)ccc12. The van der Waals surface area contributed by atoms with E-state index in [2.05, 4.69) is 10.0 Å². The zero-order valence-electron chi connectivity index (χ0n) is 26.1. The largest absolute Gasteiger partial charge is 0.508 e. The number of nitrogens with zero attached hydrogens (tertiary/aromatic N) is 3. The molecule has 0 spiro atoms. The molecular weight excluding hydrogens is 598 g/mol. The van der Waals surface area contributed by atoms with Crippen LogP contribution in [0.2, 0.25) is 0 Å². The van der Waals surface area contributed by atoms with Crippen molar-refractivity contribution in [2.75, 3.05) is 79.8 Å². The molecule has 0 fully saturated rings. The Morgan fingerprint density at radius 2 is 1.41 bits per heavy atom. The lowest BCUT2D eigenvalue weighted by atomic mass is 9.92. The summed E-state index contributed by atoms with van der Waals surface area (Å²) in [5.41, 5.74) is 11.6. The number of hydrogen-bond donors (Lipinski definition) is 1. The Morgan fingerprint density at radius 1 is 0.761 bits per heavy atom. The molecule has 2 aliphatic rings. The molecule has 0 saturated carbocycles. The topological polar surface area (TPSA) is 164 Å². The molecule has 2 aromatic rings. The van der Waals surface area contributed by atoms with Crippen molar-refractivity contribution in [1.82, 2.24) is 0 Å². The highest BCUT2D eigenvalue weighted by molar-refractivity contribution is 6.04. The molecule has 0 amide bonds. The summed E-state index contributed by atoms with van der Waals surface area (Å²) in [6.07, 6.45) is 0.934. The van der Waals surface area contributed by atoms with Crippen LogP contribution in [-0.2, 0) is 23.7 Å². The van der Waals surface area contributed by atoms with Crippen molar-refractivity contribution >= 4 is 16.7 Å². The molecule has 1 aliphatic carbocycles. The third-order valence-corrected chi connectivity index (χ3v) is 6.65. The summed E-state index contributed by atoms with van der Waals surface area (Å²) in [6, 6.07) is 12.5. The third-order valence-electron chi connectivity index (χ3n) is 6.65. The van der Waals surface area contributed by atoms with Crippen LogP contribution in [0, 0.1) is 0 Å². The standard InChI is InChI=1S/C33H39N3O10/c1-3-8-40-11-12-42-15-17-44-29-22-32(45-18-16-43-14-13-41-10-9-39-2)28(35-36-34)21-27(29)33-25-6-4-23(37)19-30(25)46-31-20-24(38)5-7-26(31)33/h4-7,19-22,37H,3,8-18H2,1-2H3. The van der Waals surface area contributed by atoms with Gasteiger partial charge in [-0.2, -0.15) is 0 Å². The second kappa shape index (κ2) is 18.6. The molecule has 0 aromatic heterocycles. The average Bonchev–Trinajstić information content (AvgIpc) is 3.05. The zero-order valence-corrected chi connectivity index (χ0v) is 26.1. The molecule has 1 N–H and O–H groups in total. The van der Waals surface area contributed by atoms with Gasteiger partial charge in [0.15, 0.2) is 5.43 Å². The van der Waals surface area contributed by atoms with E-state index in [1.54, 1.807) is 37.4 Å². The molecule has 1 heterocycles. The number of aromatic hydroxyl groups is 1. The van der Waals surface area contributed by atoms with Gasteiger partial charge in [-0.25, -0.2) is 0 Å². The number of phenols is 1. The van der Waals surface area contributed by atoms with Gasteiger partial charge in [-0.1, -0.05) is 12.0 Å². The second-order valence-corrected chi connectivity index (χ2v) is 9.96. The lowest BCUT2D eigenvalue weighted by Crippen LogP contribution is -2.13. The lowest BCUT2D eigenvalue weighted by Gasteiger charge is -2.20. The number of azide groups is 1. The van der Waals surface area contributed by atoms with Crippen molar-refractivity contribution in [3.05, 3.63) is 69.2 Å². The third kappa shape index (κ3) is 9.82. The van der Waals surface area contributed by atoms with Gasteiger partial charge in [0.2, 0.25) is 0 Å². The van der Waals surface area contributed by atoms with Gasteiger partial charge >= 0.3 is 0 Å². The molecule has 1 aliphatic heterocycles. The number of rotatable bonds is 21. The number of fused-ring (bicyclic) bond motifs is 2. The fourth-order valence-corrected chi connectivity index (χ4v) is 4.61. The first-order chi connectivity index (χ1) is 22.5. The maximum Gasteiger partial charge on any atom is 0.182 e. The van der Waals surface area contributed by atoms with Gasteiger partial charge in [-0.3, -0.25) is 4.79 Å². The van der Waals surface area contributed by atoms with Crippen molar-refractivity contribution in [1.29, 1.82) is 0 Å². The maximum atomic E-state index is 12.2. The summed E-state index contributed by atoms with van der Waals surface area (Å²) >= 11 is 0. The van der Waals surface area contributed by atoms with Gasteiger partial charge in [0.25, 0.3) is 0 Å². The van der Waals surface area contributed by atoms with Crippen molar-refractivity contribution in [2.24, 2.45) is 5.11 Å². The summed E-state index contributed by atoms with van der Waals surface area (Å²) in [6.45, 7) is 6.36. The maximum absolute atomic E-state index is 12.2. The van der Waals surface area contributed by atoms with Crippen LogP contribution in [-0.4, -0.2) is 84.9 Å². The van der Waals surface area contributed by atoms with E-state index < -0.39 is 0 Å². The van der Waals surface area contributed by atoms with E-state index in [1.165, 1.54) is 18.2 Å². The fourth-order valence-electron chi connectivity index (χ4n) is 4.61. The summed E-state index contributed by atoms with van der Waals surface area (Å²) in [4.78, 5) is 15.3. The van der Waals surface area contributed by atoms with Gasteiger partial charge in [0.05, 0.1) is 58.5 Å². The first kappa shape index (κ1) is 34.5. The van der Waals surface area contributed by atoms with Crippen LogP contribution < -0.4 is 14.9 Å². The van der Waals surface area contributed by atoms with E-state index in [9.17, 15) is 15.4 Å². The van der Waals surface area contributed by atoms with Crippen molar-refractivity contribution in [3.63, 3.8) is 0 Å². The summed E-state index contributed by atoms with van der Waals surface area (Å²) < 4.78 is 45.3. The predicted molar refractivity (Wildman–Crippen MR) is 171 cm³/mol. The Labute approximate surface area is 266 Å². The predicted octanol–water partition coefficient (Wildman–Crippen LogP) is 6.09. The molecular formula is C33H39N3O10. The highest BCUT2D eigenvalue weighted by Gasteiger charge is 2.22. The molecule has 0 saturated heterocycles. The molecule has 0 unspecified atom stereocenters. The zero-order chi connectivity index (χ0) is 32.6. The minimum atomic E-state index is -0.236. The summed E-state index contributed by atoms with van der Waals surface area (Å²) in [5, 5.41) is 14.7. The minimum absolute atomic E-state index is 0.00126. The monoisotopic (exact) mass is 637 g/mol. The number of benzene rings is 3. The normalized spacial score (nSPS) is 11.2. The Morgan fingerprint density at radius 3 is 2.09 bits per heavy atom. The van der Waals surface area contributed by atoms with E-state index in [0.717, 1.165) is 6.42 Å². The van der Waals surface area contributed by atoms with Crippen LogP contribution in [0.5, 0.6) is 17.2 Å². The Bertz CT molecular complexity index is 1620. The summed E-state index contributed by atoms with van der Waals surface area (Å²) in [5.74, 6) is 1.02. The molecule has 0 bridgehead atoms. The minimum Gasteiger partial charge on any atom is -0.508 e. The molecule has 13 nitrogen and oxygen atoms in total. The van der Waals surface area contributed by atoms with Crippen LogP contribution in [0.4, 0.5) is 5.69 Å². The number of ether oxygens (including phenoxy) is 7. The lowest BCUT2D eigenvalue weighted by molar-refractivity contribution is 0.0180. The Kier molecular flexibility index (Phi) is 13.9. The van der Waals surface area contributed by atoms with Crippen LogP contribution in [0.15, 0.2) is 62.9 Å². The van der Waals surface area contributed by atoms with E-state index in [-0.39, 0.29) is 36.7 Å². The van der Waals surface area contributed by atoms with E-state index >= 15 is 0 Å². The number of methoxy groups -OCH3 is 1. The van der Waals surface area contributed by atoms with Gasteiger partial charge < -0.3 is 42.7 Å². The molecule has 2 aromatic carbocycles. The molecule has 0 atom stereocenters. The van der Waals surface area contributed by atoms with Gasteiger partial charge in [0.1, 0.15) is 41.8 Å². The highest BCUT2D eigenvalue weighted by atomic mass is 16.6. The molecule has 46 heavy (non-hydrogen) atoms. The van der Waals surface area contributed by atoms with E-state index in [0.29, 0.717) is 97.8 Å². The number of hydrogen-bond acceptors (Lipinski definition) is 11. The number of phenolic OH excluding ortho intramolecular Hbond substituents is 1. The van der Waals surface area contributed by atoms with Gasteiger partial charge in [-0.15, -0.1) is 0 Å². The summed E-state index contributed by atoms with van der Waals surface area (Å²) in [7, 11) is 1.61. The molecule has 4 rings (SSSR count). The van der Waals surface area contributed by atoms with Crippen molar-refractivity contribution < 1.29 is 42.7 Å². The quantitative estimate of drug-likeness (QED) is 0.0371. The molecule has 246 valence electrons. The van der Waals surface area contributed by atoms with E-state index in [1.807, 2.05) is 6.92 Å². The average molecular weight is 638 g/mol. The van der Waals surface area contributed by atoms with Crippen LogP contribution in [0.1, 0.15) is 13.3 Å². The second-order valence-electron chi connectivity index (χ2n) is 9.96. The highest BCUT2D eigenvalue weighted by Crippen LogP contribution is 2.47. The molecule has 13 heteroatoms. The van der Waals surface area contributed by atoms with Crippen LogP contribution in [0.3, 0.4) is 0 Å². The first-order valence-corrected chi connectivity index (χ1v) is 15.0. The fraction of sp³-hybridized carbons (Fsp3) is 0.424. The van der Waals surface area contributed by atoms with Crippen LogP contribution in [0.25, 0.3) is 43.9 Å². The Hall–Kier alpha value is -4.36. The van der Waals surface area contributed by atoms with Crippen molar-refractivity contribution in [3.8, 4) is 39.7 Å². The smallest absolute Gasteiger partial charge is 0.182 e. The first-order valence-electron chi connectivity index (χ1n) is 15.0. The van der Waals surface area contributed by atoms with Crippen molar-refractivity contribution in [2.45, 2.75) is 13.3 Å².